The van der Waals surface area contributed by atoms with Crippen LogP contribution in [-0.4, -0.2) is 48.2 Å². The summed E-state index contributed by atoms with van der Waals surface area (Å²) in [7, 11) is 2.05. The molecule has 0 saturated carbocycles. The molecule has 5 nitrogen and oxygen atoms in total. The first-order valence-electron chi connectivity index (χ1n) is 7.71. The molecule has 2 aliphatic rings. The normalized spacial score (nSPS) is 30.8. The summed E-state index contributed by atoms with van der Waals surface area (Å²) in [6, 6.07) is 9.45. The second-order valence-corrected chi connectivity index (χ2v) is 6.08. The maximum absolute atomic E-state index is 12.3. The van der Waals surface area contributed by atoms with Crippen molar-refractivity contribution in [1.82, 2.24) is 4.90 Å². The summed E-state index contributed by atoms with van der Waals surface area (Å²) >= 11 is 0. The van der Waals surface area contributed by atoms with Crippen molar-refractivity contribution in [3.63, 3.8) is 0 Å². The summed E-state index contributed by atoms with van der Waals surface area (Å²) in [4.78, 5) is 25.9. The first kappa shape index (κ1) is 15.0. The van der Waals surface area contributed by atoms with Gasteiger partial charge in [-0.2, -0.15) is 0 Å². The van der Waals surface area contributed by atoms with E-state index in [1.54, 1.807) is 24.3 Å². The average molecular weight is 303 g/mol. The standard InChI is InChI=1S/C17H21NO4/c1-11(19)21-16-14-9-8-13(18(14)2)10-15(16)22-17(20)12-6-4-3-5-7-12/h3-7,13-16H,8-10H2,1-2H3/t13?,14?,15-,16+/m0/s1. The van der Waals surface area contributed by atoms with Gasteiger partial charge in [0.2, 0.25) is 0 Å². The maximum Gasteiger partial charge on any atom is 0.338 e. The fourth-order valence-electron chi connectivity index (χ4n) is 3.61. The minimum Gasteiger partial charge on any atom is -0.457 e. The topological polar surface area (TPSA) is 55.8 Å². The summed E-state index contributed by atoms with van der Waals surface area (Å²) in [5, 5.41) is 0. The minimum absolute atomic E-state index is 0.135. The van der Waals surface area contributed by atoms with Crippen molar-refractivity contribution in [1.29, 1.82) is 0 Å². The Bertz CT molecular complexity index is 559. The molecule has 1 aromatic rings. The van der Waals surface area contributed by atoms with Crippen LogP contribution in [-0.2, 0) is 14.3 Å². The molecule has 2 unspecified atom stereocenters. The Balaban J connectivity index is 1.76. The Morgan fingerprint density at radius 2 is 1.86 bits per heavy atom. The van der Waals surface area contributed by atoms with Crippen LogP contribution in [0, 0.1) is 0 Å². The van der Waals surface area contributed by atoms with Gasteiger partial charge in [0.25, 0.3) is 0 Å². The van der Waals surface area contributed by atoms with Gasteiger partial charge in [-0.05, 0) is 32.0 Å². The third kappa shape index (κ3) is 2.86. The first-order chi connectivity index (χ1) is 10.6. The number of rotatable bonds is 3. The smallest absolute Gasteiger partial charge is 0.338 e. The third-order valence-electron chi connectivity index (χ3n) is 4.71. The van der Waals surface area contributed by atoms with Crippen LogP contribution in [0.2, 0.25) is 0 Å². The highest BCUT2D eigenvalue weighted by atomic mass is 16.6. The molecule has 4 atom stereocenters. The van der Waals surface area contributed by atoms with Crippen LogP contribution in [0.5, 0.6) is 0 Å². The molecule has 0 aliphatic carbocycles. The third-order valence-corrected chi connectivity index (χ3v) is 4.71. The highest BCUT2D eigenvalue weighted by Crippen LogP contribution is 2.37. The number of fused-ring (bicyclic) bond motifs is 2. The van der Waals surface area contributed by atoms with Gasteiger partial charge in [-0.3, -0.25) is 9.69 Å². The lowest BCUT2D eigenvalue weighted by Gasteiger charge is -2.41. The molecule has 1 aromatic carbocycles. The van der Waals surface area contributed by atoms with Crippen LogP contribution in [0.3, 0.4) is 0 Å². The molecule has 2 fully saturated rings. The van der Waals surface area contributed by atoms with E-state index in [9.17, 15) is 9.59 Å². The maximum atomic E-state index is 12.3. The van der Waals surface area contributed by atoms with Crippen LogP contribution >= 0.6 is 0 Å². The summed E-state index contributed by atoms with van der Waals surface area (Å²) in [5.41, 5.74) is 0.523. The molecule has 0 spiro atoms. The second-order valence-electron chi connectivity index (χ2n) is 6.08. The molecule has 2 bridgehead atoms. The highest BCUT2D eigenvalue weighted by Gasteiger charge is 2.49. The first-order valence-corrected chi connectivity index (χ1v) is 7.71. The molecular weight excluding hydrogens is 282 g/mol. The number of carbonyl (C=O) groups excluding carboxylic acids is 2. The number of nitrogens with zero attached hydrogens (tertiary/aromatic N) is 1. The monoisotopic (exact) mass is 303 g/mol. The molecule has 2 aliphatic heterocycles. The van der Waals surface area contributed by atoms with Crippen LogP contribution in [0.4, 0.5) is 0 Å². The van der Waals surface area contributed by atoms with Gasteiger partial charge < -0.3 is 9.47 Å². The van der Waals surface area contributed by atoms with Gasteiger partial charge in [0.1, 0.15) is 6.10 Å². The number of esters is 2. The fourth-order valence-corrected chi connectivity index (χ4v) is 3.61. The summed E-state index contributed by atoms with van der Waals surface area (Å²) in [6.45, 7) is 1.40. The Labute approximate surface area is 130 Å². The number of carbonyl (C=O) groups is 2. The number of likely N-dealkylation sites (N-methyl/N-ethyl adjacent to an activating group) is 1. The van der Waals surface area contributed by atoms with Gasteiger partial charge >= 0.3 is 11.9 Å². The van der Waals surface area contributed by atoms with E-state index in [0.717, 1.165) is 12.8 Å². The Kier molecular flexibility index (Phi) is 4.16. The highest BCUT2D eigenvalue weighted by molar-refractivity contribution is 5.89. The molecule has 0 N–H and O–H groups in total. The van der Waals surface area contributed by atoms with E-state index in [4.69, 9.17) is 9.47 Å². The van der Waals surface area contributed by atoms with Crippen molar-refractivity contribution in [2.45, 2.75) is 50.5 Å². The van der Waals surface area contributed by atoms with E-state index in [-0.39, 0.29) is 30.2 Å². The van der Waals surface area contributed by atoms with E-state index < -0.39 is 0 Å². The van der Waals surface area contributed by atoms with E-state index in [1.165, 1.54) is 6.92 Å². The van der Waals surface area contributed by atoms with Crippen molar-refractivity contribution in [3.8, 4) is 0 Å². The largest absolute Gasteiger partial charge is 0.457 e. The number of hydrogen-bond acceptors (Lipinski definition) is 5. The molecule has 22 heavy (non-hydrogen) atoms. The molecule has 0 amide bonds. The molecular formula is C17H21NO4. The molecule has 2 heterocycles. The summed E-state index contributed by atoms with van der Waals surface area (Å²) < 4.78 is 11.2. The quantitative estimate of drug-likeness (QED) is 0.800. The van der Waals surface area contributed by atoms with Gasteiger partial charge in [0.15, 0.2) is 6.10 Å². The van der Waals surface area contributed by atoms with Crippen molar-refractivity contribution in [2.24, 2.45) is 0 Å². The molecule has 118 valence electrons. The minimum atomic E-state index is -0.381. The van der Waals surface area contributed by atoms with Crippen LogP contribution in [0.1, 0.15) is 36.5 Å². The van der Waals surface area contributed by atoms with Gasteiger partial charge in [-0.1, -0.05) is 18.2 Å². The van der Waals surface area contributed by atoms with E-state index in [1.807, 2.05) is 13.1 Å². The molecule has 5 heteroatoms. The van der Waals surface area contributed by atoms with E-state index in [0.29, 0.717) is 18.0 Å². The number of piperidine rings is 1. The molecule has 0 aromatic heterocycles. The zero-order chi connectivity index (χ0) is 15.7. The van der Waals surface area contributed by atoms with Crippen molar-refractivity contribution in [3.05, 3.63) is 35.9 Å². The van der Waals surface area contributed by atoms with Crippen LogP contribution in [0.15, 0.2) is 30.3 Å². The van der Waals surface area contributed by atoms with Crippen molar-refractivity contribution in [2.75, 3.05) is 7.05 Å². The van der Waals surface area contributed by atoms with Crippen molar-refractivity contribution >= 4 is 11.9 Å². The Morgan fingerprint density at radius 1 is 1.14 bits per heavy atom. The van der Waals surface area contributed by atoms with Gasteiger partial charge in [-0.15, -0.1) is 0 Å². The van der Waals surface area contributed by atoms with Gasteiger partial charge in [0, 0.05) is 19.4 Å². The van der Waals surface area contributed by atoms with E-state index >= 15 is 0 Å². The lowest BCUT2D eigenvalue weighted by Crippen LogP contribution is -2.55. The van der Waals surface area contributed by atoms with Crippen LogP contribution < -0.4 is 0 Å². The number of hydrogen-bond donors (Lipinski definition) is 0. The zero-order valence-electron chi connectivity index (χ0n) is 12.9. The zero-order valence-corrected chi connectivity index (χ0v) is 12.9. The van der Waals surface area contributed by atoms with Gasteiger partial charge in [-0.25, -0.2) is 4.79 Å². The Hall–Kier alpha value is -1.88. The van der Waals surface area contributed by atoms with Crippen LogP contribution in [0.25, 0.3) is 0 Å². The molecule has 0 radical (unpaired) electrons. The summed E-state index contributed by atoms with van der Waals surface area (Å²) in [5.74, 6) is -0.684. The number of ether oxygens (including phenoxy) is 2. The second kappa shape index (κ2) is 6.08. The van der Waals surface area contributed by atoms with E-state index in [2.05, 4.69) is 4.90 Å². The SMILES string of the molecule is CC(=O)O[C@@H]1C2CCC(C[C@@H]1OC(=O)c1ccccc1)N2C. The van der Waals surface area contributed by atoms with Gasteiger partial charge in [0.05, 0.1) is 11.6 Å². The predicted molar refractivity (Wildman–Crippen MR) is 80.4 cm³/mol. The predicted octanol–water partition coefficient (Wildman–Crippen LogP) is 2.01. The molecule has 2 saturated heterocycles. The lowest BCUT2D eigenvalue weighted by atomic mass is 9.97. The average Bonchev–Trinajstić information content (AvgIpc) is 2.75. The molecule has 3 rings (SSSR count). The summed E-state index contributed by atoms with van der Waals surface area (Å²) in [6.07, 6.45) is 1.99. The Morgan fingerprint density at radius 3 is 2.55 bits per heavy atom. The number of benzene rings is 1. The fraction of sp³-hybridized carbons (Fsp3) is 0.529. The lowest BCUT2D eigenvalue weighted by molar-refractivity contribution is -0.162. The van der Waals surface area contributed by atoms with Crippen molar-refractivity contribution < 1.29 is 19.1 Å².